The smallest absolute Gasteiger partial charge is 0.333 e. The highest BCUT2D eigenvalue weighted by Crippen LogP contribution is 2.55. The highest BCUT2D eigenvalue weighted by molar-refractivity contribution is 6.94. The van der Waals surface area contributed by atoms with Gasteiger partial charge in [-0.05, 0) is 133 Å². The normalized spacial score (nSPS) is 16.2. The van der Waals surface area contributed by atoms with Crippen LogP contribution in [0.1, 0.15) is 104 Å². The lowest BCUT2D eigenvalue weighted by molar-refractivity contribution is 0.332. The van der Waals surface area contributed by atoms with E-state index >= 15 is 0 Å². The molecule has 3 aromatic heterocycles. The Morgan fingerprint density at radius 1 is 0.585 bits per heavy atom. The highest BCUT2D eigenvalue weighted by atomic mass is 16.3. The lowest BCUT2D eigenvalue weighted by Crippen LogP contribution is -2.60. The lowest BCUT2D eigenvalue weighted by atomic mass is 9.43. The molecule has 0 N–H and O–H groups in total. The molecule has 0 fully saturated rings. The summed E-state index contributed by atoms with van der Waals surface area (Å²) < 4.78 is 16.5. The van der Waals surface area contributed by atoms with Crippen molar-refractivity contribution < 1.29 is 8.83 Å². The third-order valence-corrected chi connectivity index (χ3v) is 15.8. The molecule has 7 aromatic carbocycles. The first-order chi connectivity index (χ1) is 31.0. The summed E-state index contributed by atoms with van der Waals surface area (Å²) in [6.07, 6.45) is 4.24. The molecule has 320 valence electrons. The van der Waals surface area contributed by atoms with Gasteiger partial charge in [-0.2, -0.15) is 0 Å². The Bertz CT molecular complexity index is 3680. The zero-order valence-corrected chi connectivity index (χ0v) is 39.3. The number of aromatic nitrogens is 1. The van der Waals surface area contributed by atoms with Crippen LogP contribution < -0.4 is 15.7 Å². The molecule has 1 aliphatic carbocycles. The molecule has 3 aliphatic rings. The summed E-state index contributed by atoms with van der Waals surface area (Å²) in [6.45, 7) is 23.5. The van der Waals surface area contributed by atoms with Crippen molar-refractivity contribution in [1.29, 1.82) is 0 Å². The Labute approximate surface area is 382 Å². The van der Waals surface area contributed by atoms with Crippen molar-refractivity contribution in [3.63, 3.8) is 0 Å². The predicted octanol–water partition coefficient (Wildman–Crippen LogP) is 15.3. The molecule has 13 rings (SSSR count). The second kappa shape index (κ2) is 12.7. The number of nitrogens with zero attached hydrogens (tertiary/aromatic N) is 2. The van der Waals surface area contributed by atoms with Crippen LogP contribution in [-0.4, -0.2) is 11.4 Å². The van der Waals surface area contributed by atoms with Gasteiger partial charge in [-0.3, -0.25) is 0 Å². The quantitative estimate of drug-likeness (QED) is 0.163. The number of benzene rings is 7. The molecule has 5 heterocycles. The van der Waals surface area contributed by atoms with Crippen LogP contribution in [0, 0.1) is 0 Å². The molecule has 0 atom stereocenters. The minimum absolute atomic E-state index is 0.0133. The van der Waals surface area contributed by atoms with Crippen LogP contribution in [0.3, 0.4) is 0 Å². The fraction of sp³-hybridized carbons (Fsp3) is 0.267. The SMILES string of the molecule is CC(C)(C)c1ccc(N2B3c4cc5occ(-c6ccccc6)c5cc4-n4c5ccc(C(C)(C)C)cc5c5c6oc7ccccc7c6c(c3c54)-c3cc4c(cc32)C(C)(C)CCC4(C)C)cc1. The highest BCUT2D eigenvalue weighted by Gasteiger charge is 2.48. The van der Waals surface area contributed by atoms with E-state index in [1.807, 2.05) is 6.26 Å². The maximum atomic E-state index is 7.28. The van der Waals surface area contributed by atoms with Gasteiger partial charge in [0, 0.05) is 49.7 Å². The van der Waals surface area contributed by atoms with Gasteiger partial charge in [-0.25, -0.2) is 0 Å². The first kappa shape index (κ1) is 39.0. The van der Waals surface area contributed by atoms with E-state index in [0.717, 1.165) is 51.5 Å². The van der Waals surface area contributed by atoms with Gasteiger partial charge < -0.3 is 18.2 Å². The van der Waals surface area contributed by atoms with E-state index in [-0.39, 0.29) is 28.5 Å². The van der Waals surface area contributed by atoms with Crippen molar-refractivity contribution in [3.8, 4) is 27.9 Å². The third kappa shape index (κ3) is 5.27. The lowest BCUT2D eigenvalue weighted by Gasteiger charge is -2.46. The first-order valence-corrected chi connectivity index (χ1v) is 23.7. The number of anilines is 2. The first-order valence-electron chi connectivity index (χ1n) is 23.7. The van der Waals surface area contributed by atoms with Crippen LogP contribution in [0.25, 0.3) is 82.7 Å². The molecule has 0 unspecified atom stereocenters. The Kier molecular flexibility index (Phi) is 7.59. The van der Waals surface area contributed by atoms with Crippen molar-refractivity contribution in [2.75, 3.05) is 4.81 Å². The fourth-order valence-electron chi connectivity index (χ4n) is 12.1. The molecule has 0 radical (unpaired) electrons. The second-order valence-electron chi connectivity index (χ2n) is 22.8. The average molecular weight is 847 g/mol. The maximum absolute atomic E-state index is 7.28. The van der Waals surface area contributed by atoms with Crippen LogP contribution in [0.15, 0.2) is 136 Å². The van der Waals surface area contributed by atoms with Gasteiger partial charge in [0.05, 0.1) is 22.7 Å². The topological polar surface area (TPSA) is 34.5 Å². The predicted molar refractivity (Wildman–Crippen MR) is 275 cm³/mol. The van der Waals surface area contributed by atoms with E-state index in [1.165, 1.54) is 88.6 Å². The Hall–Kier alpha value is -6.46. The number of fused-ring (bicyclic) bond motifs is 15. The number of furan rings is 2. The summed E-state index contributed by atoms with van der Waals surface area (Å²) in [7, 11) is 0. The van der Waals surface area contributed by atoms with Crippen molar-refractivity contribution in [2.24, 2.45) is 0 Å². The minimum Gasteiger partial charge on any atom is -0.464 e. The van der Waals surface area contributed by atoms with E-state index in [1.54, 1.807) is 0 Å². The summed E-state index contributed by atoms with van der Waals surface area (Å²) >= 11 is 0. The zero-order chi connectivity index (χ0) is 44.7. The van der Waals surface area contributed by atoms with Crippen molar-refractivity contribution in [1.82, 2.24) is 4.57 Å². The molecular formula is C60H55BN2O2. The largest absolute Gasteiger partial charge is 0.464 e. The fourth-order valence-corrected chi connectivity index (χ4v) is 12.1. The van der Waals surface area contributed by atoms with Gasteiger partial charge >= 0.3 is 6.85 Å². The summed E-state index contributed by atoms with van der Waals surface area (Å²) in [5.41, 5.74) is 21.7. The van der Waals surface area contributed by atoms with Crippen LogP contribution in [0.4, 0.5) is 11.4 Å². The minimum atomic E-state index is -0.181. The second-order valence-corrected chi connectivity index (χ2v) is 22.8. The summed E-state index contributed by atoms with van der Waals surface area (Å²) in [6, 6.07) is 46.1. The molecule has 65 heavy (non-hydrogen) atoms. The van der Waals surface area contributed by atoms with E-state index in [9.17, 15) is 0 Å². The van der Waals surface area contributed by atoms with Crippen molar-refractivity contribution in [3.05, 3.63) is 150 Å². The summed E-state index contributed by atoms with van der Waals surface area (Å²) in [4.78, 5) is 2.70. The van der Waals surface area contributed by atoms with Gasteiger partial charge in [-0.15, -0.1) is 0 Å². The Morgan fingerprint density at radius 3 is 1.98 bits per heavy atom. The third-order valence-electron chi connectivity index (χ3n) is 15.8. The van der Waals surface area contributed by atoms with Crippen LogP contribution >= 0.6 is 0 Å². The number of hydrogen-bond donors (Lipinski definition) is 0. The van der Waals surface area contributed by atoms with Crippen LogP contribution in [-0.2, 0) is 21.7 Å². The molecule has 4 nitrogen and oxygen atoms in total. The Morgan fingerprint density at radius 2 is 1.26 bits per heavy atom. The number of para-hydroxylation sites is 1. The molecule has 0 saturated carbocycles. The standard InChI is InChI=1S/C60H55BN2O2/c1-57(2,3)35-20-23-37(24-21-35)63-47-31-44-43(59(7,8)26-27-60(44,9)10)29-41(47)51-52-38-18-14-15-19-49(38)65-56(52)53-40-28-36(58(4,5)6)22-25-46(40)62-48-30-39-42(34-16-12-11-13-17-34)33-64-50(39)32-45(48)61(63)54(51)55(53)62/h11-25,28-33H,26-27H2,1-10H3. The van der Waals surface area contributed by atoms with Crippen LogP contribution in [0.2, 0.25) is 0 Å². The molecule has 0 spiro atoms. The molecule has 0 amide bonds. The maximum Gasteiger partial charge on any atom is 0.333 e. The molecular weight excluding hydrogens is 791 g/mol. The molecule has 0 bridgehead atoms. The van der Waals surface area contributed by atoms with Gasteiger partial charge in [0.25, 0.3) is 0 Å². The molecule has 10 aromatic rings. The van der Waals surface area contributed by atoms with Gasteiger partial charge in [0.1, 0.15) is 16.7 Å². The zero-order valence-electron chi connectivity index (χ0n) is 39.3. The van der Waals surface area contributed by atoms with Crippen molar-refractivity contribution >= 4 is 83.9 Å². The number of rotatable bonds is 2. The van der Waals surface area contributed by atoms with E-state index in [0.29, 0.717) is 0 Å². The monoisotopic (exact) mass is 846 g/mol. The van der Waals surface area contributed by atoms with Gasteiger partial charge in [-0.1, -0.05) is 136 Å². The van der Waals surface area contributed by atoms with Gasteiger partial charge in [0.2, 0.25) is 0 Å². The van der Waals surface area contributed by atoms with E-state index < -0.39 is 0 Å². The molecule has 5 heteroatoms. The van der Waals surface area contributed by atoms with E-state index in [4.69, 9.17) is 8.83 Å². The molecule has 0 saturated heterocycles. The summed E-state index contributed by atoms with van der Waals surface area (Å²) in [5.74, 6) is 0. The summed E-state index contributed by atoms with van der Waals surface area (Å²) in [5, 5.41) is 5.89. The average Bonchev–Trinajstić information content (AvgIpc) is 3.98. The van der Waals surface area contributed by atoms with Crippen LogP contribution in [0.5, 0.6) is 0 Å². The Balaban J connectivity index is 1.27. The number of hydrogen-bond acceptors (Lipinski definition) is 3. The van der Waals surface area contributed by atoms with Crippen molar-refractivity contribution in [2.45, 2.75) is 104 Å². The van der Waals surface area contributed by atoms with Gasteiger partial charge in [0.15, 0.2) is 0 Å². The molecule has 2 aliphatic heterocycles. The van der Waals surface area contributed by atoms with E-state index in [2.05, 4.69) is 200 Å².